The molecule has 0 saturated carbocycles. The molecule has 0 bridgehead atoms. The molecule has 0 radical (unpaired) electrons. The number of hydrogen-bond acceptors (Lipinski definition) is 5. The molecule has 2 aromatic rings. The quantitative estimate of drug-likeness (QED) is 0.835. The number of hydrogen-bond donors (Lipinski definition) is 0. The van der Waals surface area contributed by atoms with Crippen LogP contribution in [0.2, 0.25) is 0 Å². The summed E-state index contributed by atoms with van der Waals surface area (Å²) in [6.45, 7) is 1.57. The van der Waals surface area contributed by atoms with E-state index in [0.717, 1.165) is 12.4 Å². The largest absolute Gasteiger partial charge is 0.497 e. The number of anilines is 1. The maximum absolute atomic E-state index is 12.8. The Morgan fingerprint density at radius 2 is 1.85 bits per heavy atom. The van der Waals surface area contributed by atoms with Crippen molar-refractivity contribution in [3.05, 3.63) is 47.9 Å². The van der Waals surface area contributed by atoms with Crippen molar-refractivity contribution in [2.24, 2.45) is 0 Å². The summed E-state index contributed by atoms with van der Waals surface area (Å²) in [5, 5.41) is 0. The number of benzene rings is 1. The fourth-order valence-electron chi connectivity index (χ4n) is 2.75. The molecule has 9 heteroatoms. The summed E-state index contributed by atoms with van der Waals surface area (Å²) >= 11 is 0. The van der Waals surface area contributed by atoms with E-state index in [9.17, 15) is 18.0 Å². The Balaban J connectivity index is 1.66. The Morgan fingerprint density at radius 3 is 2.50 bits per heavy atom. The number of nitrogens with zero attached hydrogens (tertiary/aromatic N) is 4. The van der Waals surface area contributed by atoms with Crippen LogP contribution in [0.15, 0.2) is 36.7 Å². The average molecular weight is 366 g/mol. The number of piperazine rings is 1. The van der Waals surface area contributed by atoms with Crippen molar-refractivity contribution in [2.75, 3.05) is 38.2 Å². The number of carbonyl (C=O) groups is 1. The first-order valence-corrected chi connectivity index (χ1v) is 7.96. The monoisotopic (exact) mass is 366 g/mol. The van der Waals surface area contributed by atoms with Gasteiger partial charge in [-0.15, -0.1) is 0 Å². The van der Waals surface area contributed by atoms with Gasteiger partial charge in [0.15, 0.2) is 0 Å². The Morgan fingerprint density at radius 1 is 1.12 bits per heavy atom. The van der Waals surface area contributed by atoms with E-state index in [4.69, 9.17) is 4.74 Å². The summed E-state index contributed by atoms with van der Waals surface area (Å²) in [5.41, 5.74) is -0.461. The number of rotatable bonds is 3. The zero-order valence-electron chi connectivity index (χ0n) is 14.0. The number of halogens is 3. The molecule has 1 aromatic heterocycles. The summed E-state index contributed by atoms with van der Waals surface area (Å²) < 4.78 is 43.5. The molecule has 6 nitrogen and oxygen atoms in total. The van der Waals surface area contributed by atoms with E-state index in [2.05, 4.69) is 9.97 Å². The molecule has 0 aliphatic carbocycles. The highest BCUT2D eigenvalue weighted by Crippen LogP contribution is 2.29. The molecule has 1 aliphatic heterocycles. The van der Waals surface area contributed by atoms with Crippen molar-refractivity contribution in [1.82, 2.24) is 14.9 Å². The molecule has 1 saturated heterocycles. The summed E-state index contributed by atoms with van der Waals surface area (Å²) in [6.07, 6.45) is -3.60. The second-order valence-electron chi connectivity index (χ2n) is 5.77. The zero-order valence-corrected chi connectivity index (χ0v) is 14.0. The molecule has 26 heavy (non-hydrogen) atoms. The van der Waals surface area contributed by atoms with Gasteiger partial charge < -0.3 is 14.5 Å². The highest BCUT2D eigenvalue weighted by Gasteiger charge is 2.33. The molecule has 1 aromatic carbocycles. The summed E-state index contributed by atoms with van der Waals surface area (Å²) in [4.78, 5) is 23.1. The molecule has 1 aliphatic rings. The Bertz CT molecular complexity index is 790. The first-order chi connectivity index (χ1) is 12.4. The summed E-state index contributed by atoms with van der Waals surface area (Å²) in [5.74, 6) is 0.665. The fraction of sp³-hybridized carbons (Fsp3) is 0.353. The van der Waals surface area contributed by atoms with Crippen LogP contribution in [0, 0.1) is 0 Å². The molecule has 1 amide bonds. The second kappa shape index (κ2) is 7.19. The van der Waals surface area contributed by atoms with Crippen LogP contribution in [0.4, 0.5) is 19.0 Å². The average Bonchev–Trinajstić information content (AvgIpc) is 2.67. The molecule has 0 spiro atoms. The normalized spacial score (nSPS) is 15.1. The third-order valence-electron chi connectivity index (χ3n) is 4.15. The molecule has 2 heterocycles. The van der Waals surface area contributed by atoms with Crippen LogP contribution < -0.4 is 9.64 Å². The van der Waals surface area contributed by atoms with Gasteiger partial charge in [0.25, 0.3) is 5.91 Å². The molecular weight excluding hydrogens is 349 g/mol. The zero-order chi connectivity index (χ0) is 18.7. The van der Waals surface area contributed by atoms with E-state index in [0.29, 0.717) is 37.5 Å². The molecule has 0 unspecified atom stereocenters. The predicted molar refractivity (Wildman–Crippen MR) is 88.1 cm³/mol. The lowest BCUT2D eigenvalue weighted by Crippen LogP contribution is -2.49. The van der Waals surface area contributed by atoms with E-state index < -0.39 is 11.9 Å². The van der Waals surface area contributed by atoms with E-state index in [1.807, 2.05) is 0 Å². The van der Waals surface area contributed by atoms with Gasteiger partial charge >= 0.3 is 6.18 Å². The van der Waals surface area contributed by atoms with Crippen LogP contribution in [0.1, 0.15) is 16.1 Å². The molecular formula is C17H17F3N4O2. The van der Waals surface area contributed by atoms with Gasteiger partial charge in [0.1, 0.15) is 23.6 Å². The standard InChI is InChI=1S/C17H17F3N4O2/c1-26-13-4-2-3-12(9-13)16(25)24-7-5-23(6-8-24)15-10-14(17(18,19)20)21-11-22-15/h2-4,9-11H,5-8H2,1H3. The summed E-state index contributed by atoms with van der Waals surface area (Å²) in [7, 11) is 1.53. The van der Waals surface area contributed by atoms with Gasteiger partial charge in [-0.1, -0.05) is 6.07 Å². The molecule has 3 rings (SSSR count). The lowest BCUT2D eigenvalue weighted by Gasteiger charge is -2.35. The van der Waals surface area contributed by atoms with Crippen molar-refractivity contribution >= 4 is 11.7 Å². The lowest BCUT2D eigenvalue weighted by atomic mass is 10.1. The minimum atomic E-state index is -4.51. The van der Waals surface area contributed by atoms with Crippen LogP contribution in [-0.4, -0.2) is 54.1 Å². The number of methoxy groups -OCH3 is 1. The maximum Gasteiger partial charge on any atom is 0.433 e. The van der Waals surface area contributed by atoms with Crippen molar-refractivity contribution in [3.8, 4) is 5.75 Å². The minimum Gasteiger partial charge on any atom is -0.497 e. The highest BCUT2D eigenvalue weighted by molar-refractivity contribution is 5.94. The first-order valence-electron chi connectivity index (χ1n) is 7.96. The first kappa shape index (κ1) is 18.0. The van der Waals surface area contributed by atoms with E-state index >= 15 is 0 Å². The Labute approximate surface area is 148 Å². The van der Waals surface area contributed by atoms with Crippen LogP contribution in [-0.2, 0) is 6.18 Å². The van der Waals surface area contributed by atoms with Crippen LogP contribution in [0.5, 0.6) is 5.75 Å². The molecule has 1 fully saturated rings. The fourth-order valence-corrected chi connectivity index (χ4v) is 2.75. The van der Waals surface area contributed by atoms with Gasteiger partial charge in [-0.05, 0) is 18.2 Å². The topological polar surface area (TPSA) is 58.6 Å². The Hall–Kier alpha value is -2.84. The highest BCUT2D eigenvalue weighted by atomic mass is 19.4. The van der Waals surface area contributed by atoms with E-state index in [-0.39, 0.29) is 11.7 Å². The SMILES string of the molecule is COc1cccc(C(=O)N2CCN(c3cc(C(F)(F)F)ncn3)CC2)c1. The number of ether oxygens (including phenoxy) is 1. The van der Waals surface area contributed by atoms with Gasteiger partial charge in [-0.3, -0.25) is 4.79 Å². The lowest BCUT2D eigenvalue weighted by molar-refractivity contribution is -0.141. The second-order valence-corrected chi connectivity index (χ2v) is 5.77. The van der Waals surface area contributed by atoms with Crippen molar-refractivity contribution in [3.63, 3.8) is 0 Å². The van der Waals surface area contributed by atoms with Gasteiger partial charge in [0.05, 0.1) is 7.11 Å². The van der Waals surface area contributed by atoms with Crippen molar-refractivity contribution in [2.45, 2.75) is 6.18 Å². The number of amides is 1. The van der Waals surface area contributed by atoms with Gasteiger partial charge in [-0.25, -0.2) is 9.97 Å². The molecule has 0 N–H and O–H groups in total. The molecule has 138 valence electrons. The number of aromatic nitrogens is 2. The number of alkyl halides is 3. The molecule has 0 atom stereocenters. The van der Waals surface area contributed by atoms with Crippen molar-refractivity contribution in [1.29, 1.82) is 0 Å². The van der Waals surface area contributed by atoms with Gasteiger partial charge in [-0.2, -0.15) is 13.2 Å². The van der Waals surface area contributed by atoms with Crippen molar-refractivity contribution < 1.29 is 22.7 Å². The summed E-state index contributed by atoms with van der Waals surface area (Å²) in [6, 6.07) is 7.79. The van der Waals surface area contributed by atoms with Crippen LogP contribution in [0.3, 0.4) is 0 Å². The van der Waals surface area contributed by atoms with Gasteiger partial charge in [0.2, 0.25) is 0 Å². The van der Waals surface area contributed by atoms with E-state index in [1.54, 1.807) is 34.1 Å². The Kier molecular flexibility index (Phi) is 4.97. The van der Waals surface area contributed by atoms with Crippen LogP contribution in [0.25, 0.3) is 0 Å². The number of carbonyl (C=O) groups excluding carboxylic acids is 1. The third kappa shape index (κ3) is 3.87. The maximum atomic E-state index is 12.8. The van der Waals surface area contributed by atoms with Gasteiger partial charge in [0, 0.05) is 37.8 Å². The van der Waals surface area contributed by atoms with Crippen LogP contribution >= 0.6 is 0 Å². The smallest absolute Gasteiger partial charge is 0.433 e. The minimum absolute atomic E-state index is 0.137. The van der Waals surface area contributed by atoms with E-state index in [1.165, 1.54) is 7.11 Å². The third-order valence-corrected chi connectivity index (χ3v) is 4.15. The predicted octanol–water partition coefficient (Wildman–Crippen LogP) is 2.47.